The molecule has 0 saturated carbocycles. The highest BCUT2D eigenvalue weighted by atomic mass is 35.5. The van der Waals surface area contributed by atoms with Gasteiger partial charge in [-0.05, 0) is 43.1 Å². The summed E-state index contributed by atoms with van der Waals surface area (Å²) in [6.45, 7) is 0. The normalized spacial score (nSPS) is 12.4. The second-order valence-electron chi connectivity index (χ2n) is 4.54. The number of hydrogen-bond donors (Lipinski definition) is 1. The minimum Gasteiger partial charge on any atom is -0.313 e. The van der Waals surface area contributed by atoms with E-state index in [2.05, 4.69) is 17.4 Å². The molecule has 0 heterocycles. The molecule has 2 rings (SSSR count). The zero-order chi connectivity index (χ0) is 13.7. The van der Waals surface area contributed by atoms with Crippen molar-refractivity contribution in [2.75, 3.05) is 7.05 Å². The highest BCUT2D eigenvalue weighted by Crippen LogP contribution is 2.21. The second-order valence-corrected chi connectivity index (χ2v) is 4.95. The lowest BCUT2D eigenvalue weighted by Gasteiger charge is -2.16. The van der Waals surface area contributed by atoms with E-state index < -0.39 is 0 Å². The van der Waals surface area contributed by atoms with Gasteiger partial charge in [-0.3, -0.25) is 0 Å². The predicted octanol–water partition coefficient (Wildman–Crippen LogP) is 4.37. The Morgan fingerprint density at radius 3 is 2.53 bits per heavy atom. The standard InChI is InChI=1S/C16H17ClFN/c1-19-16(13-5-3-2-4-6-13)10-8-12-7-9-15(18)14(17)11-12/h2-7,9,11,16,19H,8,10H2,1H3. The van der Waals surface area contributed by atoms with Crippen LogP contribution < -0.4 is 5.32 Å². The molecule has 0 spiro atoms. The number of aryl methyl sites for hydroxylation is 1. The van der Waals surface area contributed by atoms with Crippen molar-refractivity contribution in [3.05, 3.63) is 70.5 Å². The van der Waals surface area contributed by atoms with Gasteiger partial charge in [-0.25, -0.2) is 4.39 Å². The van der Waals surface area contributed by atoms with Crippen LogP contribution in [0.2, 0.25) is 5.02 Å². The van der Waals surface area contributed by atoms with Crippen LogP contribution in [0.15, 0.2) is 48.5 Å². The first-order chi connectivity index (χ1) is 9.20. The fourth-order valence-corrected chi connectivity index (χ4v) is 2.37. The van der Waals surface area contributed by atoms with Crippen molar-refractivity contribution >= 4 is 11.6 Å². The minimum absolute atomic E-state index is 0.193. The van der Waals surface area contributed by atoms with Crippen LogP contribution in [0.4, 0.5) is 4.39 Å². The Bertz CT molecular complexity index is 528. The van der Waals surface area contributed by atoms with E-state index in [1.54, 1.807) is 12.1 Å². The Morgan fingerprint density at radius 2 is 1.89 bits per heavy atom. The van der Waals surface area contributed by atoms with Crippen LogP contribution in [0, 0.1) is 5.82 Å². The number of benzene rings is 2. The molecule has 0 aliphatic rings. The Balaban J connectivity index is 2.02. The topological polar surface area (TPSA) is 12.0 Å². The first-order valence-corrected chi connectivity index (χ1v) is 6.74. The van der Waals surface area contributed by atoms with Crippen molar-refractivity contribution in [3.63, 3.8) is 0 Å². The average molecular weight is 278 g/mol. The highest BCUT2D eigenvalue weighted by Gasteiger charge is 2.09. The van der Waals surface area contributed by atoms with Gasteiger partial charge in [0, 0.05) is 6.04 Å². The molecule has 19 heavy (non-hydrogen) atoms. The molecule has 1 unspecified atom stereocenters. The predicted molar refractivity (Wildman–Crippen MR) is 78.0 cm³/mol. The molecule has 0 aromatic heterocycles. The fourth-order valence-electron chi connectivity index (χ4n) is 2.17. The summed E-state index contributed by atoms with van der Waals surface area (Å²) in [5, 5.41) is 3.50. The van der Waals surface area contributed by atoms with E-state index in [0.717, 1.165) is 18.4 Å². The molecule has 2 aromatic carbocycles. The van der Waals surface area contributed by atoms with E-state index >= 15 is 0 Å². The van der Waals surface area contributed by atoms with Crippen LogP contribution in [0.3, 0.4) is 0 Å². The van der Waals surface area contributed by atoms with E-state index in [9.17, 15) is 4.39 Å². The number of hydrogen-bond acceptors (Lipinski definition) is 1. The molecule has 2 aromatic rings. The molecule has 3 heteroatoms. The molecule has 0 bridgehead atoms. The maximum absolute atomic E-state index is 13.1. The summed E-state index contributed by atoms with van der Waals surface area (Å²) in [6, 6.07) is 15.5. The summed E-state index contributed by atoms with van der Waals surface area (Å²) in [4.78, 5) is 0. The van der Waals surface area contributed by atoms with Gasteiger partial charge in [0.2, 0.25) is 0 Å². The van der Waals surface area contributed by atoms with Crippen LogP contribution in [-0.4, -0.2) is 7.05 Å². The third kappa shape index (κ3) is 3.79. The fraction of sp³-hybridized carbons (Fsp3) is 0.250. The molecule has 0 radical (unpaired) electrons. The van der Waals surface area contributed by atoms with Gasteiger partial charge in [0.1, 0.15) is 5.82 Å². The highest BCUT2D eigenvalue weighted by molar-refractivity contribution is 6.30. The van der Waals surface area contributed by atoms with Crippen molar-refractivity contribution in [1.29, 1.82) is 0 Å². The van der Waals surface area contributed by atoms with Crippen LogP contribution in [-0.2, 0) is 6.42 Å². The van der Waals surface area contributed by atoms with Crippen molar-refractivity contribution in [3.8, 4) is 0 Å². The largest absolute Gasteiger partial charge is 0.313 e. The van der Waals surface area contributed by atoms with Gasteiger partial charge in [0.25, 0.3) is 0 Å². The third-order valence-corrected chi connectivity index (χ3v) is 3.55. The molecule has 1 nitrogen and oxygen atoms in total. The Morgan fingerprint density at radius 1 is 1.16 bits per heavy atom. The summed E-state index contributed by atoms with van der Waals surface area (Å²) >= 11 is 5.79. The average Bonchev–Trinajstić information content (AvgIpc) is 2.44. The van der Waals surface area contributed by atoms with Gasteiger partial charge in [0.15, 0.2) is 0 Å². The SMILES string of the molecule is CNC(CCc1ccc(F)c(Cl)c1)c1ccccc1. The number of nitrogens with one attached hydrogen (secondary N) is 1. The van der Waals surface area contributed by atoms with Gasteiger partial charge in [-0.15, -0.1) is 0 Å². The molecular formula is C16H17ClFN. The van der Waals surface area contributed by atoms with Gasteiger partial charge in [-0.2, -0.15) is 0 Å². The van der Waals surface area contributed by atoms with E-state index in [0.29, 0.717) is 6.04 Å². The summed E-state index contributed by atoms with van der Waals surface area (Å²) in [5.41, 5.74) is 2.32. The Labute approximate surface area is 118 Å². The molecular weight excluding hydrogens is 261 g/mol. The van der Waals surface area contributed by atoms with Gasteiger partial charge in [-0.1, -0.05) is 48.0 Å². The van der Waals surface area contributed by atoms with Crippen molar-refractivity contribution < 1.29 is 4.39 Å². The summed E-state index contributed by atoms with van der Waals surface area (Å²) < 4.78 is 13.1. The van der Waals surface area contributed by atoms with Gasteiger partial charge in [0.05, 0.1) is 5.02 Å². The maximum atomic E-state index is 13.1. The smallest absolute Gasteiger partial charge is 0.141 e. The first kappa shape index (κ1) is 14.0. The van der Waals surface area contributed by atoms with Crippen LogP contribution in [0.5, 0.6) is 0 Å². The van der Waals surface area contributed by atoms with Crippen molar-refractivity contribution in [2.24, 2.45) is 0 Å². The van der Waals surface area contributed by atoms with Gasteiger partial charge >= 0.3 is 0 Å². The lowest BCUT2D eigenvalue weighted by Crippen LogP contribution is -2.17. The van der Waals surface area contributed by atoms with E-state index in [1.165, 1.54) is 11.6 Å². The van der Waals surface area contributed by atoms with E-state index in [4.69, 9.17) is 11.6 Å². The molecule has 0 amide bonds. The van der Waals surface area contributed by atoms with Gasteiger partial charge < -0.3 is 5.32 Å². The van der Waals surface area contributed by atoms with Crippen LogP contribution in [0.25, 0.3) is 0 Å². The second kappa shape index (κ2) is 6.69. The van der Waals surface area contributed by atoms with E-state index in [1.807, 2.05) is 25.2 Å². The molecule has 0 fully saturated rings. The third-order valence-electron chi connectivity index (χ3n) is 3.26. The molecule has 100 valence electrons. The maximum Gasteiger partial charge on any atom is 0.141 e. The molecule has 1 N–H and O–H groups in total. The lowest BCUT2D eigenvalue weighted by atomic mass is 9.99. The summed E-state index contributed by atoms with van der Waals surface area (Å²) in [5.74, 6) is -0.362. The number of rotatable bonds is 5. The molecule has 1 atom stereocenters. The molecule has 0 saturated heterocycles. The monoisotopic (exact) mass is 277 g/mol. The summed E-state index contributed by atoms with van der Waals surface area (Å²) in [7, 11) is 1.95. The minimum atomic E-state index is -0.362. The van der Waals surface area contributed by atoms with Crippen LogP contribution in [0.1, 0.15) is 23.6 Å². The zero-order valence-electron chi connectivity index (χ0n) is 10.9. The van der Waals surface area contributed by atoms with Crippen molar-refractivity contribution in [1.82, 2.24) is 5.32 Å². The molecule has 0 aliphatic heterocycles. The van der Waals surface area contributed by atoms with Crippen LogP contribution >= 0.6 is 11.6 Å². The lowest BCUT2D eigenvalue weighted by molar-refractivity contribution is 0.548. The Hall–Kier alpha value is -1.38. The Kier molecular flexibility index (Phi) is 4.94. The number of halogens is 2. The molecule has 0 aliphatic carbocycles. The first-order valence-electron chi connectivity index (χ1n) is 6.37. The quantitative estimate of drug-likeness (QED) is 0.856. The summed E-state index contributed by atoms with van der Waals surface area (Å²) in [6.07, 6.45) is 1.81. The van der Waals surface area contributed by atoms with Crippen molar-refractivity contribution in [2.45, 2.75) is 18.9 Å². The van der Waals surface area contributed by atoms with E-state index in [-0.39, 0.29) is 10.8 Å². The zero-order valence-corrected chi connectivity index (χ0v) is 11.6.